The third-order valence-corrected chi connectivity index (χ3v) is 4.34. The van der Waals surface area contributed by atoms with E-state index in [0.717, 1.165) is 4.47 Å². The van der Waals surface area contributed by atoms with Gasteiger partial charge >= 0.3 is 0 Å². The molecule has 0 radical (unpaired) electrons. The Morgan fingerprint density at radius 3 is 2.69 bits per heavy atom. The number of benzene rings is 1. The molecule has 10 heteroatoms. The molecule has 0 saturated carbocycles. The molecule has 1 aromatic heterocycles. The number of hydrazone groups is 1. The number of halogens is 1. The average molecular weight is 441 g/mol. The lowest BCUT2D eigenvalue weighted by Crippen LogP contribution is -2.25. The van der Waals surface area contributed by atoms with Gasteiger partial charge in [-0.05, 0) is 43.4 Å². The number of carbonyl (C=O) groups excluding carboxylic acids is 1. The minimum Gasteiger partial charge on any atom is -0.494 e. The molecule has 0 saturated heterocycles. The maximum atomic E-state index is 12.2. The van der Waals surface area contributed by atoms with E-state index in [2.05, 4.69) is 31.4 Å². The van der Waals surface area contributed by atoms with Gasteiger partial charge in [-0.25, -0.2) is 5.43 Å². The van der Waals surface area contributed by atoms with E-state index in [9.17, 15) is 14.7 Å². The first kappa shape index (κ1) is 20.0. The molecule has 1 aromatic carbocycles. The smallest absolute Gasteiger partial charge is 0.271 e. The zero-order chi connectivity index (χ0) is 19.3. The lowest BCUT2D eigenvalue weighted by molar-refractivity contribution is 0.0955. The fraction of sp³-hybridized carbons (Fsp3) is 0.250. The van der Waals surface area contributed by atoms with Crippen LogP contribution in [-0.4, -0.2) is 40.0 Å². The Hall–Kier alpha value is -2.30. The summed E-state index contributed by atoms with van der Waals surface area (Å²) in [6, 6.07) is 6.70. The first-order valence-electron chi connectivity index (χ1n) is 7.50. The van der Waals surface area contributed by atoms with E-state index in [-0.39, 0.29) is 28.5 Å². The summed E-state index contributed by atoms with van der Waals surface area (Å²) in [5.41, 5.74) is 2.22. The van der Waals surface area contributed by atoms with Gasteiger partial charge in [-0.1, -0.05) is 15.9 Å². The average Bonchev–Trinajstić information content (AvgIpc) is 2.59. The molecular weight excluding hydrogens is 424 g/mol. The zero-order valence-corrected chi connectivity index (χ0v) is 16.5. The molecule has 26 heavy (non-hydrogen) atoms. The number of aromatic hydroxyl groups is 1. The van der Waals surface area contributed by atoms with Crippen molar-refractivity contribution in [3.05, 3.63) is 55.0 Å². The van der Waals surface area contributed by atoms with E-state index in [0.29, 0.717) is 12.2 Å². The standard InChI is InChI=1S/C16H17BrN4O4S/c1-9(19-20-13(22)10-3-5-11(17)6-4-10)12-14(23)18-16(26)21(15(12)24)7-8-25-2/h3-6,24H,7-8H2,1-2H3,(H,20,22)(H,18,23,26)/b19-9+. The summed E-state index contributed by atoms with van der Waals surface area (Å²) >= 11 is 8.33. The Morgan fingerprint density at radius 2 is 2.08 bits per heavy atom. The quantitative estimate of drug-likeness (QED) is 0.362. The highest BCUT2D eigenvalue weighted by molar-refractivity contribution is 9.10. The van der Waals surface area contributed by atoms with Crippen LogP contribution in [0.25, 0.3) is 0 Å². The highest BCUT2D eigenvalue weighted by Gasteiger charge is 2.16. The van der Waals surface area contributed by atoms with Crippen molar-refractivity contribution in [2.45, 2.75) is 13.5 Å². The van der Waals surface area contributed by atoms with Crippen molar-refractivity contribution in [1.29, 1.82) is 0 Å². The van der Waals surface area contributed by atoms with Crippen LogP contribution in [-0.2, 0) is 11.3 Å². The van der Waals surface area contributed by atoms with E-state index >= 15 is 0 Å². The van der Waals surface area contributed by atoms with Crippen molar-refractivity contribution in [2.75, 3.05) is 13.7 Å². The first-order chi connectivity index (χ1) is 12.3. The number of methoxy groups -OCH3 is 1. The van der Waals surface area contributed by atoms with Gasteiger partial charge < -0.3 is 9.84 Å². The molecule has 0 aliphatic heterocycles. The third-order valence-electron chi connectivity index (χ3n) is 3.48. The summed E-state index contributed by atoms with van der Waals surface area (Å²) in [6.07, 6.45) is 0. The number of H-pyrrole nitrogens is 1. The molecule has 0 fully saturated rings. The third kappa shape index (κ3) is 4.65. The normalized spacial score (nSPS) is 11.4. The molecule has 0 bridgehead atoms. The van der Waals surface area contributed by atoms with E-state index in [1.807, 2.05) is 0 Å². The van der Waals surface area contributed by atoms with E-state index < -0.39 is 11.5 Å². The number of ether oxygens (including phenoxy) is 1. The second-order valence-corrected chi connectivity index (χ2v) is 6.55. The van der Waals surface area contributed by atoms with Gasteiger partial charge in [0.05, 0.1) is 18.9 Å². The predicted molar refractivity (Wildman–Crippen MR) is 103 cm³/mol. The molecule has 3 N–H and O–H groups in total. The molecule has 1 amide bonds. The minimum atomic E-state index is -0.597. The van der Waals surface area contributed by atoms with Gasteiger partial charge in [0.1, 0.15) is 5.56 Å². The second-order valence-electron chi connectivity index (χ2n) is 5.25. The minimum absolute atomic E-state index is 0.0694. The highest BCUT2D eigenvalue weighted by Crippen LogP contribution is 2.14. The maximum absolute atomic E-state index is 12.2. The van der Waals surface area contributed by atoms with E-state index in [1.165, 1.54) is 18.6 Å². The van der Waals surface area contributed by atoms with Crippen LogP contribution in [0.5, 0.6) is 5.88 Å². The summed E-state index contributed by atoms with van der Waals surface area (Å²) in [5, 5.41) is 14.3. The zero-order valence-electron chi connectivity index (χ0n) is 14.1. The molecule has 2 aromatic rings. The number of rotatable bonds is 6. The van der Waals surface area contributed by atoms with Gasteiger partial charge in [0, 0.05) is 17.1 Å². The topological polar surface area (TPSA) is 109 Å². The molecule has 1 heterocycles. The lowest BCUT2D eigenvalue weighted by Gasteiger charge is -2.12. The Bertz CT molecular complexity index is 950. The molecular formula is C16H17BrN4O4S. The Morgan fingerprint density at radius 1 is 1.42 bits per heavy atom. The van der Waals surface area contributed by atoms with Gasteiger partial charge in [0.25, 0.3) is 11.5 Å². The monoisotopic (exact) mass is 440 g/mol. The largest absolute Gasteiger partial charge is 0.494 e. The van der Waals surface area contributed by atoms with Crippen LogP contribution in [0.4, 0.5) is 0 Å². The number of amides is 1. The summed E-state index contributed by atoms with van der Waals surface area (Å²) in [5.74, 6) is -0.783. The molecule has 0 unspecified atom stereocenters. The summed E-state index contributed by atoms with van der Waals surface area (Å²) < 4.78 is 7.20. The molecule has 138 valence electrons. The fourth-order valence-electron chi connectivity index (χ4n) is 2.13. The molecule has 8 nitrogen and oxygen atoms in total. The Balaban J connectivity index is 2.30. The molecule has 0 aliphatic carbocycles. The molecule has 0 atom stereocenters. The number of nitrogens with zero attached hydrogens (tertiary/aromatic N) is 2. The highest BCUT2D eigenvalue weighted by atomic mass is 79.9. The van der Waals surface area contributed by atoms with Crippen LogP contribution < -0.4 is 11.0 Å². The second kappa shape index (κ2) is 8.88. The molecule has 0 aliphatic rings. The SMILES string of the molecule is COCCn1c(O)c(/C(C)=N/NC(=O)c2ccc(Br)cc2)c(=O)[nH]c1=S. The van der Waals surface area contributed by atoms with Crippen molar-refractivity contribution in [3.8, 4) is 5.88 Å². The van der Waals surface area contributed by atoms with Crippen molar-refractivity contribution in [2.24, 2.45) is 5.10 Å². The van der Waals surface area contributed by atoms with E-state index in [4.69, 9.17) is 17.0 Å². The summed E-state index contributed by atoms with van der Waals surface area (Å²) in [4.78, 5) is 26.7. The Kier molecular flexibility index (Phi) is 6.83. The van der Waals surface area contributed by atoms with Crippen molar-refractivity contribution in [3.63, 3.8) is 0 Å². The van der Waals surface area contributed by atoms with Gasteiger partial charge in [-0.3, -0.25) is 19.1 Å². The number of carbonyl (C=O) groups is 1. The maximum Gasteiger partial charge on any atom is 0.271 e. The number of hydrogen-bond donors (Lipinski definition) is 3. The lowest BCUT2D eigenvalue weighted by atomic mass is 10.2. The van der Waals surface area contributed by atoms with Crippen LogP contribution >= 0.6 is 28.1 Å². The predicted octanol–water partition coefficient (Wildman–Crippen LogP) is 2.17. The number of hydrogen-bond acceptors (Lipinski definition) is 6. The molecule has 2 rings (SSSR count). The fourth-order valence-corrected chi connectivity index (χ4v) is 2.67. The summed E-state index contributed by atoms with van der Waals surface area (Å²) in [7, 11) is 1.51. The van der Waals surface area contributed by atoms with Gasteiger partial charge in [-0.2, -0.15) is 5.10 Å². The Labute approximate surface area is 162 Å². The van der Waals surface area contributed by atoms with Crippen LogP contribution in [0.2, 0.25) is 0 Å². The van der Waals surface area contributed by atoms with Gasteiger partial charge in [-0.15, -0.1) is 0 Å². The van der Waals surface area contributed by atoms with Crippen LogP contribution in [0.1, 0.15) is 22.8 Å². The van der Waals surface area contributed by atoms with Crippen LogP contribution in [0.15, 0.2) is 38.6 Å². The number of aromatic amines is 1. The van der Waals surface area contributed by atoms with Crippen LogP contribution in [0, 0.1) is 4.77 Å². The van der Waals surface area contributed by atoms with Gasteiger partial charge in [0.2, 0.25) is 5.88 Å². The first-order valence-corrected chi connectivity index (χ1v) is 8.71. The van der Waals surface area contributed by atoms with Gasteiger partial charge in [0.15, 0.2) is 4.77 Å². The van der Waals surface area contributed by atoms with Crippen molar-refractivity contribution in [1.82, 2.24) is 15.0 Å². The van der Waals surface area contributed by atoms with Crippen molar-refractivity contribution < 1.29 is 14.6 Å². The summed E-state index contributed by atoms with van der Waals surface area (Å²) in [6.45, 7) is 2.04. The van der Waals surface area contributed by atoms with Crippen molar-refractivity contribution >= 4 is 39.8 Å². The molecule has 0 spiro atoms. The van der Waals surface area contributed by atoms with E-state index in [1.54, 1.807) is 24.3 Å². The van der Waals surface area contributed by atoms with Crippen LogP contribution in [0.3, 0.4) is 0 Å². The number of aromatic nitrogens is 2. The number of nitrogens with one attached hydrogen (secondary N) is 2.